The first-order valence-corrected chi connectivity index (χ1v) is 7.06. The maximum absolute atomic E-state index is 3.51. The van der Waals surface area contributed by atoms with Gasteiger partial charge in [0.2, 0.25) is 0 Å². The Kier molecular flexibility index (Phi) is 3.96. The number of hydrogen-bond donors (Lipinski definition) is 1. The summed E-state index contributed by atoms with van der Waals surface area (Å²) in [5.74, 6) is 0. The minimum Gasteiger partial charge on any atom is -0.366 e. The van der Waals surface area contributed by atoms with Crippen molar-refractivity contribution in [1.82, 2.24) is 5.32 Å². The van der Waals surface area contributed by atoms with Crippen molar-refractivity contribution in [3.05, 3.63) is 29.3 Å². The number of nitrogens with zero attached hydrogens (tertiary/aromatic N) is 1. The fourth-order valence-corrected chi connectivity index (χ4v) is 2.69. The van der Waals surface area contributed by atoms with Crippen LogP contribution in [0, 0.1) is 13.8 Å². The van der Waals surface area contributed by atoms with Crippen LogP contribution in [0.5, 0.6) is 0 Å². The molecule has 1 aromatic rings. The molecular weight excluding hydrogens is 220 g/mol. The molecule has 2 rings (SSSR count). The zero-order valence-corrected chi connectivity index (χ0v) is 12.2. The van der Waals surface area contributed by atoms with E-state index in [0.717, 1.165) is 19.6 Å². The lowest BCUT2D eigenvalue weighted by Crippen LogP contribution is -2.49. The molecule has 0 atom stereocenters. The molecule has 1 saturated heterocycles. The fourth-order valence-electron chi connectivity index (χ4n) is 2.69. The predicted molar refractivity (Wildman–Crippen MR) is 79.4 cm³/mol. The quantitative estimate of drug-likeness (QED) is 0.818. The molecule has 1 aromatic carbocycles. The molecule has 2 nitrogen and oxygen atoms in total. The number of rotatable bonds is 1. The first-order chi connectivity index (χ1) is 8.50. The third-order valence-corrected chi connectivity index (χ3v) is 4.18. The highest BCUT2D eigenvalue weighted by Gasteiger charge is 2.27. The number of aryl methyl sites for hydroxylation is 2. The Hall–Kier alpha value is -1.02. The Morgan fingerprint density at radius 2 is 1.89 bits per heavy atom. The summed E-state index contributed by atoms with van der Waals surface area (Å²) in [5, 5.41) is 3.51. The highest BCUT2D eigenvalue weighted by molar-refractivity contribution is 5.52. The first-order valence-electron chi connectivity index (χ1n) is 7.06. The predicted octanol–water partition coefficient (Wildman–Crippen LogP) is 3.27. The van der Waals surface area contributed by atoms with Gasteiger partial charge in [0.15, 0.2) is 0 Å². The van der Waals surface area contributed by atoms with E-state index < -0.39 is 0 Å². The standard InChI is InChI=1S/C16H26N2/c1-13-6-7-15(12-14(13)2)18-11-5-9-17-10-8-16(18,3)4/h6-7,12,17H,5,8-11H2,1-4H3. The Balaban J connectivity index is 2.29. The summed E-state index contributed by atoms with van der Waals surface area (Å²) in [6.45, 7) is 12.5. The van der Waals surface area contributed by atoms with E-state index in [1.807, 2.05) is 0 Å². The largest absolute Gasteiger partial charge is 0.366 e. The van der Waals surface area contributed by atoms with Crippen LogP contribution in [0.2, 0.25) is 0 Å². The van der Waals surface area contributed by atoms with Gasteiger partial charge in [-0.05, 0) is 76.9 Å². The molecule has 0 unspecified atom stereocenters. The van der Waals surface area contributed by atoms with Crippen LogP contribution in [0.25, 0.3) is 0 Å². The summed E-state index contributed by atoms with van der Waals surface area (Å²) >= 11 is 0. The summed E-state index contributed by atoms with van der Waals surface area (Å²) in [6.07, 6.45) is 2.41. The third-order valence-electron chi connectivity index (χ3n) is 4.18. The Morgan fingerprint density at radius 3 is 2.61 bits per heavy atom. The van der Waals surface area contributed by atoms with Crippen LogP contribution >= 0.6 is 0 Å². The van der Waals surface area contributed by atoms with Gasteiger partial charge in [-0.2, -0.15) is 0 Å². The summed E-state index contributed by atoms with van der Waals surface area (Å²) < 4.78 is 0. The SMILES string of the molecule is Cc1ccc(N2CCCNCCC2(C)C)cc1C. The van der Waals surface area contributed by atoms with Gasteiger partial charge in [0.1, 0.15) is 0 Å². The topological polar surface area (TPSA) is 15.3 Å². The molecule has 0 aromatic heterocycles. The molecule has 0 radical (unpaired) electrons. The van der Waals surface area contributed by atoms with E-state index >= 15 is 0 Å². The first kappa shape index (κ1) is 13.4. The summed E-state index contributed by atoms with van der Waals surface area (Å²) in [5.41, 5.74) is 4.38. The molecule has 1 fully saturated rings. The maximum atomic E-state index is 3.51. The fraction of sp³-hybridized carbons (Fsp3) is 0.625. The Labute approximate surface area is 111 Å². The molecule has 0 saturated carbocycles. The molecule has 18 heavy (non-hydrogen) atoms. The summed E-state index contributed by atoms with van der Waals surface area (Å²) in [6, 6.07) is 6.86. The molecular formula is C16H26N2. The van der Waals surface area contributed by atoms with Crippen molar-refractivity contribution in [2.24, 2.45) is 0 Å². The number of hydrogen-bond acceptors (Lipinski definition) is 2. The minimum absolute atomic E-state index is 0.231. The average molecular weight is 246 g/mol. The molecule has 0 bridgehead atoms. The van der Waals surface area contributed by atoms with Gasteiger partial charge in [0, 0.05) is 17.8 Å². The monoisotopic (exact) mass is 246 g/mol. The summed E-state index contributed by atoms with van der Waals surface area (Å²) in [4.78, 5) is 2.58. The van der Waals surface area contributed by atoms with E-state index in [0.29, 0.717) is 0 Å². The highest BCUT2D eigenvalue weighted by atomic mass is 15.2. The molecule has 1 heterocycles. The molecule has 2 heteroatoms. The van der Waals surface area contributed by atoms with Crippen molar-refractivity contribution in [1.29, 1.82) is 0 Å². The van der Waals surface area contributed by atoms with Gasteiger partial charge in [-0.3, -0.25) is 0 Å². The van der Waals surface area contributed by atoms with Crippen molar-refractivity contribution in [2.75, 3.05) is 24.5 Å². The van der Waals surface area contributed by atoms with Gasteiger partial charge in [0.25, 0.3) is 0 Å². The number of nitrogens with one attached hydrogen (secondary N) is 1. The van der Waals surface area contributed by atoms with Crippen molar-refractivity contribution in [2.45, 2.75) is 46.1 Å². The van der Waals surface area contributed by atoms with Crippen molar-refractivity contribution in [3.8, 4) is 0 Å². The Bertz CT molecular complexity index is 410. The van der Waals surface area contributed by atoms with Gasteiger partial charge in [0.05, 0.1) is 0 Å². The van der Waals surface area contributed by atoms with E-state index in [4.69, 9.17) is 0 Å². The smallest absolute Gasteiger partial charge is 0.0373 e. The van der Waals surface area contributed by atoms with Crippen LogP contribution in [0.3, 0.4) is 0 Å². The van der Waals surface area contributed by atoms with Gasteiger partial charge in [-0.15, -0.1) is 0 Å². The van der Waals surface area contributed by atoms with Crippen molar-refractivity contribution >= 4 is 5.69 Å². The van der Waals surface area contributed by atoms with Gasteiger partial charge >= 0.3 is 0 Å². The second-order valence-electron chi connectivity index (χ2n) is 6.09. The van der Waals surface area contributed by atoms with Crippen LogP contribution in [-0.2, 0) is 0 Å². The maximum Gasteiger partial charge on any atom is 0.0373 e. The molecule has 0 spiro atoms. The zero-order chi connectivity index (χ0) is 13.2. The zero-order valence-electron chi connectivity index (χ0n) is 12.2. The van der Waals surface area contributed by atoms with E-state index in [2.05, 4.69) is 56.1 Å². The van der Waals surface area contributed by atoms with Crippen LogP contribution in [-0.4, -0.2) is 25.2 Å². The average Bonchev–Trinajstić information content (AvgIpc) is 2.29. The van der Waals surface area contributed by atoms with Crippen LogP contribution in [0.15, 0.2) is 18.2 Å². The number of benzene rings is 1. The number of anilines is 1. The van der Waals surface area contributed by atoms with E-state index in [9.17, 15) is 0 Å². The molecule has 1 N–H and O–H groups in total. The van der Waals surface area contributed by atoms with E-state index in [1.165, 1.54) is 29.7 Å². The molecule has 1 aliphatic rings. The lowest BCUT2D eigenvalue weighted by molar-refractivity contribution is 0.387. The minimum atomic E-state index is 0.231. The van der Waals surface area contributed by atoms with Crippen LogP contribution in [0.4, 0.5) is 5.69 Å². The van der Waals surface area contributed by atoms with Crippen LogP contribution < -0.4 is 10.2 Å². The normalized spacial score (nSPS) is 20.3. The second kappa shape index (κ2) is 5.31. The van der Waals surface area contributed by atoms with Crippen molar-refractivity contribution in [3.63, 3.8) is 0 Å². The van der Waals surface area contributed by atoms with E-state index in [1.54, 1.807) is 0 Å². The third kappa shape index (κ3) is 2.86. The molecule has 100 valence electrons. The molecule has 0 amide bonds. The molecule has 0 aliphatic carbocycles. The van der Waals surface area contributed by atoms with Gasteiger partial charge < -0.3 is 10.2 Å². The lowest BCUT2D eigenvalue weighted by Gasteiger charge is -2.42. The molecule has 1 aliphatic heterocycles. The van der Waals surface area contributed by atoms with Crippen molar-refractivity contribution < 1.29 is 0 Å². The lowest BCUT2D eigenvalue weighted by atomic mass is 9.95. The summed E-state index contributed by atoms with van der Waals surface area (Å²) in [7, 11) is 0. The van der Waals surface area contributed by atoms with E-state index in [-0.39, 0.29) is 5.54 Å². The highest BCUT2D eigenvalue weighted by Crippen LogP contribution is 2.29. The Morgan fingerprint density at radius 1 is 1.11 bits per heavy atom. The second-order valence-corrected chi connectivity index (χ2v) is 6.09. The van der Waals surface area contributed by atoms with Gasteiger partial charge in [-0.1, -0.05) is 6.07 Å². The van der Waals surface area contributed by atoms with Crippen LogP contribution in [0.1, 0.15) is 37.8 Å². The van der Waals surface area contributed by atoms with Gasteiger partial charge in [-0.25, -0.2) is 0 Å².